The second kappa shape index (κ2) is 11.4. The highest BCUT2D eigenvalue weighted by molar-refractivity contribution is 5.97. The molecule has 0 atom stereocenters. The molecule has 0 aliphatic carbocycles. The number of nitrogens with zero attached hydrogens (tertiary/aromatic N) is 2. The van der Waals surface area contributed by atoms with E-state index in [0.717, 1.165) is 12.8 Å². The van der Waals surface area contributed by atoms with Crippen LogP contribution in [0.25, 0.3) is 0 Å². The van der Waals surface area contributed by atoms with Crippen LogP contribution < -0.4 is 4.74 Å². The zero-order chi connectivity index (χ0) is 21.2. The van der Waals surface area contributed by atoms with Gasteiger partial charge in [-0.3, -0.25) is 9.59 Å². The molecule has 0 unspecified atom stereocenters. The van der Waals surface area contributed by atoms with Crippen LogP contribution in [-0.2, 0) is 16.0 Å². The van der Waals surface area contributed by atoms with Gasteiger partial charge in [-0.25, -0.2) is 0 Å². The Morgan fingerprint density at radius 1 is 0.867 bits per heavy atom. The van der Waals surface area contributed by atoms with E-state index in [0.29, 0.717) is 57.1 Å². The summed E-state index contributed by atoms with van der Waals surface area (Å²) in [5.74, 6) is 0.680. The SMILES string of the molecule is COCCOc1ccccc1C(=O)N1CCN(C(=O)CCCc2ccccc2)CC1. The summed E-state index contributed by atoms with van der Waals surface area (Å²) in [4.78, 5) is 29.2. The molecule has 2 aromatic carbocycles. The lowest BCUT2D eigenvalue weighted by Crippen LogP contribution is -2.50. The van der Waals surface area contributed by atoms with Crippen molar-refractivity contribution >= 4 is 11.8 Å². The van der Waals surface area contributed by atoms with Gasteiger partial charge in [0.2, 0.25) is 5.91 Å². The lowest BCUT2D eigenvalue weighted by molar-refractivity contribution is -0.132. The number of rotatable bonds is 9. The zero-order valence-electron chi connectivity index (χ0n) is 17.6. The van der Waals surface area contributed by atoms with Gasteiger partial charge in [0.1, 0.15) is 12.4 Å². The van der Waals surface area contributed by atoms with Crippen LogP contribution in [-0.4, -0.2) is 68.1 Å². The minimum Gasteiger partial charge on any atom is -0.490 e. The Morgan fingerprint density at radius 2 is 1.53 bits per heavy atom. The van der Waals surface area contributed by atoms with Gasteiger partial charge >= 0.3 is 0 Å². The highest BCUT2D eigenvalue weighted by Crippen LogP contribution is 2.21. The summed E-state index contributed by atoms with van der Waals surface area (Å²) in [6.45, 7) is 3.08. The van der Waals surface area contributed by atoms with Gasteiger partial charge in [-0.05, 0) is 30.5 Å². The molecule has 0 spiro atoms. The number of carbonyl (C=O) groups is 2. The third-order valence-electron chi connectivity index (χ3n) is 5.28. The Kier molecular flexibility index (Phi) is 8.27. The number of hydrogen-bond donors (Lipinski definition) is 0. The quantitative estimate of drug-likeness (QED) is 0.597. The van der Waals surface area contributed by atoms with Gasteiger partial charge in [-0.1, -0.05) is 42.5 Å². The van der Waals surface area contributed by atoms with E-state index in [2.05, 4.69) is 12.1 Å². The van der Waals surface area contributed by atoms with E-state index in [1.165, 1.54) is 5.56 Å². The first-order chi connectivity index (χ1) is 14.7. The van der Waals surface area contributed by atoms with Crippen LogP contribution in [0.3, 0.4) is 0 Å². The Hall–Kier alpha value is -2.86. The van der Waals surface area contributed by atoms with Gasteiger partial charge < -0.3 is 19.3 Å². The number of aryl methyl sites for hydroxylation is 1. The van der Waals surface area contributed by atoms with E-state index in [4.69, 9.17) is 9.47 Å². The van der Waals surface area contributed by atoms with Crippen molar-refractivity contribution in [1.82, 2.24) is 9.80 Å². The molecule has 2 aromatic rings. The van der Waals surface area contributed by atoms with Crippen LogP contribution in [0, 0.1) is 0 Å². The topological polar surface area (TPSA) is 59.1 Å². The third-order valence-corrected chi connectivity index (χ3v) is 5.28. The van der Waals surface area contributed by atoms with Gasteiger partial charge in [0.15, 0.2) is 0 Å². The molecule has 0 bridgehead atoms. The molecule has 1 aliphatic rings. The number of methoxy groups -OCH3 is 1. The van der Waals surface area contributed by atoms with Crippen molar-refractivity contribution < 1.29 is 19.1 Å². The van der Waals surface area contributed by atoms with Crippen molar-refractivity contribution in [2.24, 2.45) is 0 Å². The molecule has 30 heavy (non-hydrogen) atoms. The molecule has 0 radical (unpaired) electrons. The van der Waals surface area contributed by atoms with Crippen LogP contribution in [0.2, 0.25) is 0 Å². The molecule has 0 N–H and O–H groups in total. The Morgan fingerprint density at radius 3 is 2.27 bits per heavy atom. The van der Waals surface area contributed by atoms with Gasteiger partial charge in [0.25, 0.3) is 5.91 Å². The molecule has 6 nitrogen and oxygen atoms in total. The molecule has 0 aromatic heterocycles. The summed E-state index contributed by atoms with van der Waals surface area (Å²) in [5.41, 5.74) is 1.81. The van der Waals surface area contributed by atoms with Crippen molar-refractivity contribution in [3.8, 4) is 5.75 Å². The Labute approximate surface area is 178 Å². The summed E-state index contributed by atoms with van der Waals surface area (Å²) >= 11 is 0. The van der Waals surface area contributed by atoms with Crippen molar-refractivity contribution in [2.45, 2.75) is 19.3 Å². The number of para-hydroxylation sites is 1. The minimum atomic E-state index is -0.0563. The predicted octanol–water partition coefficient (Wildman–Crippen LogP) is 3.02. The number of hydrogen-bond acceptors (Lipinski definition) is 4. The summed E-state index contributed by atoms with van der Waals surface area (Å²) in [6.07, 6.45) is 2.29. The fourth-order valence-corrected chi connectivity index (χ4v) is 3.58. The second-order valence-electron chi connectivity index (χ2n) is 7.35. The fraction of sp³-hybridized carbons (Fsp3) is 0.417. The monoisotopic (exact) mass is 410 g/mol. The first kappa shape index (κ1) is 21.8. The Bertz CT molecular complexity index is 817. The standard InChI is InChI=1S/C24H30N2O4/c1-29-18-19-30-22-12-6-5-11-21(22)24(28)26-16-14-25(15-17-26)23(27)13-7-10-20-8-3-2-4-9-20/h2-6,8-9,11-12H,7,10,13-19H2,1H3. The maximum Gasteiger partial charge on any atom is 0.257 e. The number of ether oxygens (including phenoxy) is 2. The summed E-state index contributed by atoms with van der Waals surface area (Å²) in [7, 11) is 1.61. The van der Waals surface area contributed by atoms with Gasteiger partial charge in [0.05, 0.1) is 12.2 Å². The van der Waals surface area contributed by atoms with E-state index in [9.17, 15) is 9.59 Å². The van der Waals surface area contributed by atoms with Crippen molar-refractivity contribution in [3.63, 3.8) is 0 Å². The Balaban J connectivity index is 1.47. The lowest BCUT2D eigenvalue weighted by Gasteiger charge is -2.35. The molecule has 1 saturated heterocycles. The van der Waals surface area contributed by atoms with E-state index in [1.807, 2.05) is 35.2 Å². The molecule has 160 valence electrons. The second-order valence-corrected chi connectivity index (χ2v) is 7.35. The highest BCUT2D eigenvalue weighted by Gasteiger charge is 2.26. The molecule has 0 saturated carbocycles. The van der Waals surface area contributed by atoms with Crippen molar-refractivity contribution in [2.75, 3.05) is 46.5 Å². The molecule has 2 amide bonds. The summed E-state index contributed by atoms with van der Waals surface area (Å²) in [5, 5.41) is 0. The average Bonchev–Trinajstić information content (AvgIpc) is 2.80. The lowest BCUT2D eigenvalue weighted by atomic mass is 10.1. The maximum absolute atomic E-state index is 13.0. The van der Waals surface area contributed by atoms with E-state index in [1.54, 1.807) is 24.1 Å². The van der Waals surface area contributed by atoms with E-state index in [-0.39, 0.29) is 11.8 Å². The molecule has 1 heterocycles. The maximum atomic E-state index is 13.0. The molecule has 6 heteroatoms. The largest absolute Gasteiger partial charge is 0.490 e. The molecular formula is C24H30N2O4. The molecular weight excluding hydrogens is 380 g/mol. The van der Waals surface area contributed by atoms with E-state index < -0.39 is 0 Å². The zero-order valence-corrected chi connectivity index (χ0v) is 17.6. The number of carbonyl (C=O) groups excluding carboxylic acids is 2. The molecule has 3 rings (SSSR count). The van der Waals surface area contributed by atoms with Crippen LogP contribution in [0.15, 0.2) is 54.6 Å². The van der Waals surface area contributed by atoms with Crippen LogP contribution >= 0.6 is 0 Å². The molecule has 1 fully saturated rings. The minimum absolute atomic E-state index is 0.0563. The van der Waals surface area contributed by atoms with E-state index >= 15 is 0 Å². The average molecular weight is 411 g/mol. The number of benzene rings is 2. The van der Waals surface area contributed by atoms with Crippen LogP contribution in [0.4, 0.5) is 0 Å². The predicted molar refractivity (Wildman–Crippen MR) is 116 cm³/mol. The van der Waals surface area contributed by atoms with Crippen LogP contribution in [0.5, 0.6) is 5.75 Å². The van der Waals surface area contributed by atoms with Gasteiger partial charge in [0, 0.05) is 39.7 Å². The van der Waals surface area contributed by atoms with Crippen LogP contribution in [0.1, 0.15) is 28.8 Å². The normalized spacial score (nSPS) is 13.9. The third kappa shape index (κ3) is 6.07. The van der Waals surface area contributed by atoms with Gasteiger partial charge in [-0.15, -0.1) is 0 Å². The number of piperazine rings is 1. The summed E-state index contributed by atoms with van der Waals surface area (Å²) in [6, 6.07) is 17.5. The van der Waals surface area contributed by atoms with Crippen molar-refractivity contribution in [1.29, 1.82) is 0 Å². The number of amides is 2. The molecule has 1 aliphatic heterocycles. The smallest absolute Gasteiger partial charge is 0.257 e. The summed E-state index contributed by atoms with van der Waals surface area (Å²) < 4.78 is 10.7. The van der Waals surface area contributed by atoms with Gasteiger partial charge in [-0.2, -0.15) is 0 Å². The first-order valence-electron chi connectivity index (χ1n) is 10.5. The highest BCUT2D eigenvalue weighted by atomic mass is 16.5. The first-order valence-corrected chi connectivity index (χ1v) is 10.5. The fourth-order valence-electron chi connectivity index (χ4n) is 3.58. The van der Waals surface area contributed by atoms with Crippen molar-refractivity contribution in [3.05, 3.63) is 65.7 Å².